The molecule has 1 unspecified atom stereocenters. The molecule has 0 heterocycles. The van der Waals surface area contributed by atoms with Crippen molar-refractivity contribution in [1.82, 2.24) is 5.32 Å². The first-order chi connectivity index (χ1) is 8.89. The fourth-order valence-electron chi connectivity index (χ4n) is 3.85. The second-order valence-electron chi connectivity index (χ2n) is 7.62. The van der Waals surface area contributed by atoms with E-state index in [9.17, 15) is 4.79 Å². The Kier molecular flexibility index (Phi) is 4.54. The van der Waals surface area contributed by atoms with E-state index in [0.717, 1.165) is 25.7 Å². The van der Waals surface area contributed by atoms with Gasteiger partial charge >= 0.3 is 0 Å². The molecule has 2 rings (SSSR count). The molecule has 0 radical (unpaired) electrons. The highest BCUT2D eigenvalue weighted by Gasteiger charge is 2.32. The normalized spacial score (nSPS) is 29.7. The first-order valence-corrected chi connectivity index (χ1v) is 7.97. The van der Waals surface area contributed by atoms with E-state index in [0.29, 0.717) is 17.9 Å². The number of carbonyl (C=O) groups excluding carboxylic acids is 1. The van der Waals surface area contributed by atoms with Gasteiger partial charge in [0.05, 0.1) is 0 Å². The number of nitrogens with two attached hydrogens (primary N) is 1. The molecule has 3 nitrogen and oxygen atoms in total. The molecular formula is C16H30N2O. The maximum atomic E-state index is 12.2. The topological polar surface area (TPSA) is 55.1 Å². The highest BCUT2D eigenvalue weighted by atomic mass is 16.1. The van der Waals surface area contributed by atoms with Gasteiger partial charge in [-0.1, -0.05) is 39.5 Å². The Morgan fingerprint density at radius 3 is 2.47 bits per heavy atom. The summed E-state index contributed by atoms with van der Waals surface area (Å²) in [5, 5.41) is 3.23. The first kappa shape index (κ1) is 14.8. The molecule has 1 amide bonds. The third-order valence-electron chi connectivity index (χ3n) is 4.93. The van der Waals surface area contributed by atoms with Crippen molar-refractivity contribution >= 4 is 5.91 Å². The molecule has 2 aliphatic carbocycles. The molecule has 2 aliphatic rings. The summed E-state index contributed by atoms with van der Waals surface area (Å²) in [6.45, 7) is 4.60. The van der Waals surface area contributed by atoms with E-state index in [1.807, 2.05) is 0 Å². The zero-order chi connectivity index (χ0) is 13.9. The highest BCUT2D eigenvalue weighted by molar-refractivity contribution is 5.77. The van der Waals surface area contributed by atoms with Crippen LogP contribution >= 0.6 is 0 Å². The van der Waals surface area contributed by atoms with Crippen molar-refractivity contribution < 1.29 is 4.79 Å². The number of amides is 1. The van der Waals surface area contributed by atoms with Crippen LogP contribution in [0.3, 0.4) is 0 Å². The van der Waals surface area contributed by atoms with Crippen LogP contribution in [-0.4, -0.2) is 17.5 Å². The average molecular weight is 266 g/mol. The van der Waals surface area contributed by atoms with E-state index in [1.165, 1.54) is 32.1 Å². The summed E-state index contributed by atoms with van der Waals surface area (Å²) < 4.78 is 0. The molecule has 19 heavy (non-hydrogen) atoms. The third kappa shape index (κ3) is 4.48. The molecule has 3 heteroatoms. The third-order valence-corrected chi connectivity index (χ3v) is 4.93. The lowest BCUT2D eigenvalue weighted by Gasteiger charge is -2.37. The Morgan fingerprint density at radius 1 is 1.16 bits per heavy atom. The van der Waals surface area contributed by atoms with Crippen LogP contribution in [0.15, 0.2) is 0 Å². The Hall–Kier alpha value is -0.570. The number of rotatable bonds is 3. The van der Waals surface area contributed by atoms with Crippen molar-refractivity contribution in [1.29, 1.82) is 0 Å². The zero-order valence-electron chi connectivity index (χ0n) is 12.6. The van der Waals surface area contributed by atoms with Crippen LogP contribution in [-0.2, 0) is 4.79 Å². The number of hydrogen-bond acceptors (Lipinski definition) is 2. The molecule has 0 bridgehead atoms. The minimum absolute atomic E-state index is 0.173. The molecule has 2 fully saturated rings. The Morgan fingerprint density at radius 2 is 1.84 bits per heavy atom. The molecule has 0 aromatic rings. The summed E-state index contributed by atoms with van der Waals surface area (Å²) in [6.07, 6.45) is 10.9. The van der Waals surface area contributed by atoms with Crippen molar-refractivity contribution in [2.75, 3.05) is 0 Å². The minimum Gasteiger partial charge on any atom is -0.353 e. The number of hydrogen-bond donors (Lipinski definition) is 2. The molecule has 0 aliphatic heterocycles. The van der Waals surface area contributed by atoms with Crippen molar-refractivity contribution in [3.63, 3.8) is 0 Å². The van der Waals surface area contributed by atoms with E-state index in [1.54, 1.807) is 0 Å². The van der Waals surface area contributed by atoms with E-state index >= 15 is 0 Å². The maximum Gasteiger partial charge on any atom is 0.222 e. The number of carbonyl (C=O) groups is 1. The lowest BCUT2D eigenvalue weighted by Crippen LogP contribution is -2.48. The van der Waals surface area contributed by atoms with Crippen LogP contribution in [0.4, 0.5) is 0 Å². The van der Waals surface area contributed by atoms with Gasteiger partial charge in [-0.15, -0.1) is 0 Å². The number of nitrogens with one attached hydrogen (secondary N) is 1. The second-order valence-corrected chi connectivity index (χ2v) is 7.62. The molecule has 1 atom stereocenters. The Balaban J connectivity index is 1.80. The van der Waals surface area contributed by atoms with Crippen LogP contribution in [0.1, 0.15) is 78.1 Å². The van der Waals surface area contributed by atoms with Crippen molar-refractivity contribution in [2.45, 2.75) is 89.6 Å². The van der Waals surface area contributed by atoms with Gasteiger partial charge in [-0.2, -0.15) is 0 Å². The van der Waals surface area contributed by atoms with Gasteiger partial charge in [-0.25, -0.2) is 0 Å². The van der Waals surface area contributed by atoms with Crippen molar-refractivity contribution in [2.24, 2.45) is 11.1 Å². The largest absolute Gasteiger partial charge is 0.353 e. The lowest BCUT2D eigenvalue weighted by atomic mass is 9.75. The summed E-state index contributed by atoms with van der Waals surface area (Å²) in [6, 6.07) is 0.364. The monoisotopic (exact) mass is 266 g/mol. The molecule has 0 aromatic carbocycles. The average Bonchev–Trinajstić information content (AvgIpc) is 2.27. The van der Waals surface area contributed by atoms with Crippen molar-refractivity contribution in [3.05, 3.63) is 0 Å². The van der Waals surface area contributed by atoms with E-state index in [-0.39, 0.29) is 11.4 Å². The predicted molar refractivity (Wildman–Crippen MR) is 78.8 cm³/mol. The lowest BCUT2D eigenvalue weighted by molar-refractivity contribution is -0.123. The standard InChI is InChI=1S/C16H30N2O/c1-15(2)8-6-7-13(11-15)18-14(19)12-16(17)9-4-3-5-10-16/h13H,3-12,17H2,1-2H3,(H,18,19). The van der Waals surface area contributed by atoms with E-state index < -0.39 is 0 Å². The molecule has 0 spiro atoms. The van der Waals surface area contributed by atoms with Crippen LogP contribution in [0.2, 0.25) is 0 Å². The highest BCUT2D eigenvalue weighted by Crippen LogP contribution is 2.35. The second kappa shape index (κ2) is 5.82. The van der Waals surface area contributed by atoms with Gasteiger partial charge in [0.15, 0.2) is 0 Å². The Labute approximate surface area is 117 Å². The van der Waals surface area contributed by atoms with Gasteiger partial charge in [0.2, 0.25) is 5.91 Å². The summed E-state index contributed by atoms with van der Waals surface area (Å²) >= 11 is 0. The summed E-state index contributed by atoms with van der Waals surface area (Å²) in [5.74, 6) is 0.173. The van der Waals surface area contributed by atoms with Gasteiger partial charge in [-0.3, -0.25) is 4.79 Å². The van der Waals surface area contributed by atoms with Crippen LogP contribution in [0.25, 0.3) is 0 Å². The summed E-state index contributed by atoms with van der Waals surface area (Å²) in [5.41, 5.74) is 6.50. The molecule has 0 saturated heterocycles. The fourth-order valence-corrected chi connectivity index (χ4v) is 3.85. The van der Waals surface area contributed by atoms with Gasteiger partial charge in [0, 0.05) is 18.0 Å². The quantitative estimate of drug-likeness (QED) is 0.824. The predicted octanol–water partition coefficient (Wildman–Crippen LogP) is 3.12. The molecule has 3 N–H and O–H groups in total. The first-order valence-electron chi connectivity index (χ1n) is 7.97. The fraction of sp³-hybridized carbons (Fsp3) is 0.938. The van der Waals surface area contributed by atoms with Gasteiger partial charge in [0.1, 0.15) is 0 Å². The van der Waals surface area contributed by atoms with Crippen LogP contribution in [0, 0.1) is 5.41 Å². The SMILES string of the molecule is CC1(C)CCCC(NC(=O)CC2(N)CCCCC2)C1. The van der Waals surface area contributed by atoms with Gasteiger partial charge in [-0.05, 0) is 37.5 Å². The maximum absolute atomic E-state index is 12.2. The Bertz CT molecular complexity index is 319. The molecule has 2 saturated carbocycles. The van der Waals surface area contributed by atoms with Crippen LogP contribution in [0.5, 0.6) is 0 Å². The minimum atomic E-state index is -0.230. The smallest absolute Gasteiger partial charge is 0.222 e. The molecule has 110 valence electrons. The van der Waals surface area contributed by atoms with E-state index in [4.69, 9.17) is 5.73 Å². The molecular weight excluding hydrogens is 236 g/mol. The summed E-state index contributed by atoms with van der Waals surface area (Å²) in [7, 11) is 0. The van der Waals surface area contributed by atoms with Gasteiger partial charge in [0.25, 0.3) is 0 Å². The molecule has 0 aromatic heterocycles. The summed E-state index contributed by atoms with van der Waals surface area (Å²) in [4.78, 5) is 12.2. The van der Waals surface area contributed by atoms with E-state index in [2.05, 4.69) is 19.2 Å². The van der Waals surface area contributed by atoms with Gasteiger partial charge < -0.3 is 11.1 Å². The van der Waals surface area contributed by atoms with Crippen molar-refractivity contribution in [3.8, 4) is 0 Å². The van der Waals surface area contributed by atoms with Crippen LogP contribution < -0.4 is 11.1 Å². The zero-order valence-corrected chi connectivity index (χ0v) is 12.6.